The highest BCUT2D eigenvalue weighted by molar-refractivity contribution is 5.74. The second-order valence-corrected chi connectivity index (χ2v) is 5.26. The molecule has 2 aliphatic rings. The number of carbonyl (C=O) groups is 1. The summed E-state index contributed by atoms with van der Waals surface area (Å²) < 4.78 is 10.2. The highest BCUT2D eigenvalue weighted by atomic mass is 16.6. The minimum atomic E-state index is -0.966. The third kappa shape index (κ3) is 2.68. The lowest BCUT2D eigenvalue weighted by Gasteiger charge is -2.25. The van der Waals surface area contributed by atoms with E-state index in [-0.39, 0.29) is 11.9 Å². The van der Waals surface area contributed by atoms with Gasteiger partial charge in [0.05, 0.1) is 19.1 Å². The van der Waals surface area contributed by atoms with E-state index in [9.17, 15) is 15.0 Å². The van der Waals surface area contributed by atoms with Gasteiger partial charge in [-0.15, -0.1) is 0 Å². The number of methoxy groups -OCH3 is 1. The first-order valence-corrected chi connectivity index (χ1v) is 6.74. The molecule has 5 nitrogen and oxygen atoms in total. The summed E-state index contributed by atoms with van der Waals surface area (Å²) in [6.07, 6.45) is 3.09. The van der Waals surface area contributed by atoms with Gasteiger partial charge < -0.3 is 19.7 Å². The molecule has 1 aliphatic carbocycles. The molecule has 2 N–H and O–H groups in total. The highest BCUT2D eigenvalue weighted by Gasteiger charge is 2.50. The van der Waals surface area contributed by atoms with E-state index in [1.165, 1.54) is 7.11 Å². The van der Waals surface area contributed by atoms with Gasteiger partial charge in [0.15, 0.2) is 6.29 Å². The smallest absolute Gasteiger partial charge is 0.311 e. The van der Waals surface area contributed by atoms with Crippen molar-refractivity contribution in [1.82, 2.24) is 0 Å². The fourth-order valence-electron chi connectivity index (χ4n) is 3.12. The van der Waals surface area contributed by atoms with Crippen molar-refractivity contribution >= 4 is 5.97 Å². The number of aliphatic hydroxyl groups is 2. The van der Waals surface area contributed by atoms with Crippen LogP contribution in [0.5, 0.6) is 0 Å². The molecule has 0 amide bonds. The van der Waals surface area contributed by atoms with E-state index in [2.05, 4.69) is 0 Å². The van der Waals surface area contributed by atoms with Crippen LogP contribution in [0.1, 0.15) is 38.5 Å². The van der Waals surface area contributed by atoms with Gasteiger partial charge in [0, 0.05) is 5.92 Å². The van der Waals surface area contributed by atoms with Crippen LogP contribution in [0.25, 0.3) is 0 Å². The normalized spacial score (nSPS) is 41.4. The molecule has 18 heavy (non-hydrogen) atoms. The van der Waals surface area contributed by atoms with Crippen molar-refractivity contribution in [1.29, 1.82) is 0 Å². The predicted molar refractivity (Wildman–Crippen MR) is 63.6 cm³/mol. The average molecular weight is 258 g/mol. The molecule has 0 aromatic carbocycles. The van der Waals surface area contributed by atoms with Crippen molar-refractivity contribution < 1.29 is 24.5 Å². The second kappa shape index (κ2) is 5.99. The second-order valence-electron chi connectivity index (χ2n) is 5.26. The first-order valence-electron chi connectivity index (χ1n) is 6.74. The van der Waals surface area contributed by atoms with E-state index in [1.54, 1.807) is 0 Å². The number of aliphatic hydroxyl groups excluding tert-OH is 2. The molecule has 2 fully saturated rings. The van der Waals surface area contributed by atoms with Gasteiger partial charge in [-0.25, -0.2) is 0 Å². The molecule has 1 aliphatic heterocycles. The van der Waals surface area contributed by atoms with Crippen molar-refractivity contribution in [3.63, 3.8) is 0 Å². The van der Waals surface area contributed by atoms with Crippen molar-refractivity contribution in [3.8, 4) is 0 Å². The predicted octanol–water partition coefficient (Wildman–Crippen LogP) is 0.824. The van der Waals surface area contributed by atoms with Crippen LogP contribution in [0.4, 0.5) is 0 Å². The van der Waals surface area contributed by atoms with Crippen LogP contribution in [0.15, 0.2) is 0 Å². The molecular weight excluding hydrogens is 236 g/mol. The van der Waals surface area contributed by atoms with E-state index >= 15 is 0 Å². The molecule has 1 saturated heterocycles. The first-order chi connectivity index (χ1) is 8.65. The molecule has 104 valence electrons. The molecule has 0 spiro atoms. The third-order valence-electron chi connectivity index (χ3n) is 4.12. The maximum Gasteiger partial charge on any atom is 0.311 e. The topological polar surface area (TPSA) is 76.0 Å². The van der Waals surface area contributed by atoms with Gasteiger partial charge >= 0.3 is 5.97 Å². The number of hydrogen-bond acceptors (Lipinski definition) is 5. The fourth-order valence-corrected chi connectivity index (χ4v) is 3.12. The standard InChI is InChI=1S/C13H22O5/c1-17-13(16)10-8-6-4-2-3-5-7-9(14)11(10)18-12(8)15/h8-12,14-15H,2-7H2,1H3/t8-,9-,10-,11+,12-/m0/s1. The van der Waals surface area contributed by atoms with Crippen molar-refractivity contribution in [2.24, 2.45) is 11.8 Å². The zero-order chi connectivity index (χ0) is 13.1. The molecule has 0 aromatic rings. The number of carbonyl (C=O) groups excluding carboxylic acids is 1. The lowest BCUT2D eigenvalue weighted by molar-refractivity contribution is -0.153. The van der Waals surface area contributed by atoms with Crippen LogP contribution in [0, 0.1) is 11.8 Å². The molecule has 0 aromatic heterocycles. The van der Waals surface area contributed by atoms with Gasteiger partial charge in [0.2, 0.25) is 0 Å². The van der Waals surface area contributed by atoms with Gasteiger partial charge in [-0.3, -0.25) is 4.79 Å². The first kappa shape index (κ1) is 13.8. The van der Waals surface area contributed by atoms with Gasteiger partial charge in [-0.05, 0) is 12.8 Å². The quantitative estimate of drug-likeness (QED) is 0.681. The Balaban J connectivity index is 2.20. The number of rotatable bonds is 1. The van der Waals surface area contributed by atoms with Crippen LogP contribution >= 0.6 is 0 Å². The zero-order valence-electron chi connectivity index (χ0n) is 10.7. The van der Waals surface area contributed by atoms with Crippen LogP contribution in [-0.4, -0.2) is 41.8 Å². The Morgan fingerprint density at radius 1 is 1.17 bits per heavy atom. The molecule has 0 unspecified atom stereocenters. The number of ether oxygens (including phenoxy) is 2. The van der Waals surface area contributed by atoms with Crippen LogP contribution < -0.4 is 0 Å². The van der Waals surface area contributed by atoms with Crippen LogP contribution in [0.2, 0.25) is 0 Å². The SMILES string of the molecule is COC(=O)[C@H]1[C@@H]2CCCCCC[C@H](O)[C@H]1O[C@@H]2O. The number of esters is 1. The monoisotopic (exact) mass is 258 g/mol. The van der Waals surface area contributed by atoms with Gasteiger partial charge in [0.1, 0.15) is 6.10 Å². The lowest BCUT2D eigenvalue weighted by atomic mass is 9.82. The fraction of sp³-hybridized carbons (Fsp3) is 0.923. The molecule has 0 radical (unpaired) electrons. The van der Waals surface area contributed by atoms with Crippen LogP contribution in [0.3, 0.4) is 0 Å². The molecular formula is C13H22O5. The summed E-state index contributed by atoms with van der Waals surface area (Å²) in [5, 5.41) is 20.0. The van der Waals surface area contributed by atoms with E-state index in [0.717, 1.165) is 32.1 Å². The summed E-state index contributed by atoms with van der Waals surface area (Å²) in [6, 6.07) is 0. The van der Waals surface area contributed by atoms with E-state index < -0.39 is 24.4 Å². The molecule has 1 saturated carbocycles. The lowest BCUT2D eigenvalue weighted by Crippen LogP contribution is -2.38. The highest BCUT2D eigenvalue weighted by Crippen LogP contribution is 2.39. The summed E-state index contributed by atoms with van der Waals surface area (Å²) >= 11 is 0. The minimum Gasteiger partial charge on any atom is -0.469 e. The maximum atomic E-state index is 11.9. The molecule has 2 bridgehead atoms. The Morgan fingerprint density at radius 2 is 1.83 bits per heavy atom. The molecule has 1 heterocycles. The van der Waals surface area contributed by atoms with Gasteiger partial charge in [0.25, 0.3) is 0 Å². The summed E-state index contributed by atoms with van der Waals surface area (Å²) in [4.78, 5) is 11.9. The van der Waals surface area contributed by atoms with Crippen molar-refractivity contribution in [2.75, 3.05) is 7.11 Å². The van der Waals surface area contributed by atoms with Gasteiger partial charge in [-0.2, -0.15) is 0 Å². The van der Waals surface area contributed by atoms with E-state index in [4.69, 9.17) is 9.47 Å². The molecule has 5 atom stereocenters. The van der Waals surface area contributed by atoms with Crippen molar-refractivity contribution in [3.05, 3.63) is 0 Å². The summed E-state index contributed by atoms with van der Waals surface area (Å²) in [5.74, 6) is -1.19. The summed E-state index contributed by atoms with van der Waals surface area (Å²) in [7, 11) is 1.33. The van der Waals surface area contributed by atoms with E-state index in [1.807, 2.05) is 0 Å². The maximum absolute atomic E-state index is 11.9. The van der Waals surface area contributed by atoms with Gasteiger partial charge in [-0.1, -0.05) is 25.7 Å². The minimum absolute atomic E-state index is 0.254. The summed E-state index contributed by atoms with van der Waals surface area (Å²) in [6.45, 7) is 0. The molecule has 2 rings (SSSR count). The Hall–Kier alpha value is -0.650. The Bertz CT molecular complexity index is 293. The molecule has 5 heteroatoms. The third-order valence-corrected chi connectivity index (χ3v) is 4.12. The Labute approximate surface area is 107 Å². The van der Waals surface area contributed by atoms with Crippen LogP contribution in [-0.2, 0) is 14.3 Å². The average Bonchev–Trinajstić information content (AvgIpc) is 2.68. The Morgan fingerprint density at radius 3 is 2.50 bits per heavy atom. The zero-order valence-corrected chi connectivity index (χ0v) is 10.7. The van der Waals surface area contributed by atoms with Crippen molar-refractivity contribution in [2.45, 2.75) is 57.0 Å². The summed E-state index contributed by atoms with van der Waals surface area (Å²) in [5.41, 5.74) is 0. The largest absolute Gasteiger partial charge is 0.469 e. The number of hydrogen-bond donors (Lipinski definition) is 2. The number of fused-ring (bicyclic) bond motifs is 2. The van der Waals surface area contributed by atoms with E-state index in [0.29, 0.717) is 6.42 Å². The Kier molecular flexibility index (Phi) is 4.59.